The van der Waals surface area contributed by atoms with Crippen molar-refractivity contribution in [1.82, 2.24) is 9.97 Å². The van der Waals surface area contributed by atoms with Gasteiger partial charge in [0.15, 0.2) is 0 Å². The van der Waals surface area contributed by atoms with E-state index in [1.54, 1.807) is 22.7 Å². The summed E-state index contributed by atoms with van der Waals surface area (Å²) in [6, 6.07) is 0. The minimum absolute atomic E-state index is 0.577. The molecule has 0 amide bonds. The molecule has 2 N–H and O–H groups in total. The Morgan fingerprint density at radius 1 is 1.50 bits per heavy atom. The lowest BCUT2D eigenvalue weighted by molar-refractivity contribution is 1.05. The van der Waals surface area contributed by atoms with E-state index in [-0.39, 0.29) is 0 Å². The quantitative estimate of drug-likeness (QED) is 0.868. The van der Waals surface area contributed by atoms with Crippen LogP contribution in [-0.4, -0.2) is 9.97 Å². The van der Waals surface area contributed by atoms with Crippen molar-refractivity contribution < 1.29 is 0 Å². The Morgan fingerprint density at radius 2 is 2.36 bits per heavy atom. The Balaban J connectivity index is 2.10. The number of aromatic nitrogens is 2. The van der Waals surface area contributed by atoms with Crippen molar-refractivity contribution >= 4 is 22.7 Å². The molecule has 0 unspecified atom stereocenters. The molecule has 0 aliphatic heterocycles. The summed E-state index contributed by atoms with van der Waals surface area (Å²) in [6.45, 7) is 2.59. The van der Waals surface area contributed by atoms with Gasteiger partial charge in [-0.2, -0.15) is 0 Å². The molecule has 0 fully saturated rings. The van der Waals surface area contributed by atoms with Crippen LogP contribution in [0, 0.1) is 6.92 Å². The van der Waals surface area contributed by atoms with Crippen LogP contribution in [0.5, 0.6) is 0 Å². The topological polar surface area (TPSA) is 51.8 Å². The smallest absolute Gasteiger partial charge is 0.0988 e. The Morgan fingerprint density at radius 3 is 2.93 bits per heavy atom. The molecule has 3 nitrogen and oxygen atoms in total. The van der Waals surface area contributed by atoms with Crippen LogP contribution in [0.2, 0.25) is 0 Å². The fraction of sp³-hybridized carbons (Fsp3) is 0.333. The standard InChI is InChI=1S/C9H11N3S2/c1-6-12-7(5-13-6)2-9-11-4-8(3-10)14-9/h4-5H,2-3,10H2,1H3. The Hall–Kier alpha value is -0.780. The summed E-state index contributed by atoms with van der Waals surface area (Å²) in [5.74, 6) is 0. The number of aryl methyl sites for hydroxylation is 1. The molecule has 0 aliphatic rings. The van der Waals surface area contributed by atoms with Gasteiger partial charge in [0.25, 0.3) is 0 Å². The molecule has 0 aromatic carbocycles. The third-order valence-corrected chi connectivity index (χ3v) is 3.64. The zero-order valence-electron chi connectivity index (χ0n) is 7.86. The predicted octanol–water partition coefficient (Wildman–Crippen LogP) is 1.96. The normalized spacial score (nSPS) is 10.7. The Kier molecular flexibility index (Phi) is 2.90. The van der Waals surface area contributed by atoms with Crippen molar-refractivity contribution in [3.05, 3.63) is 32.2 Å². The maximum atomic E-state index is 5.52. The van der Waals surface area contributed by atoms with Crippen molar-refractivity contribution in [3.8, 4) is 0 Å². The van der Waals surface area contributed by atoms with Gasteiger partial charge in [0.2, 0.25) is 0 Å². The number of nitrogens with two attached hydrogens (primary N) is 1. The first-order chi connectivity index (χ1) is 6.78. The van der Waals surface area contributed by atoms with Crippen LogP contribution in [0.4, 0.5) is 0 Å². The molecular formula is C9H11N3S2. The van der Waals surface area contributed by atoms with E-state index >= 15 is 0 Å². The van der Waals surface area contributed by atoms with Gasteiger partial charge in [-0.25, -0.2) is 9.97 Å². The summed E-state index contributed by atoms with van der Waals surface area (Å²) in [5, 5.41) is 4.28. The van der Waals surface area contributed by atoms with Gasteiger partial charge in [0.1, 0.15) is 0 Å². The first-order valence-corrected chi connectivity index (χ1v) is 6.02. The summed E-state index contributed by atoms with van der Waals surface area (Å²) in [4.78, 5) is 9.82. The minimum Gasteiger partial charge on any atom is -0.326 e. The molecule has 2 rings (SSSR count). The zero-order valence-corrected chi connectivity index (χ0v) is 9.49. The lowest BCUT2D eigenvalue weighted by Gasteiger charge is -1.89. The molecule has 5 heteroatoms. The van der Waals surface area contributed by atoms with Crippen LogP contribution in [0.3, 0.4) is 0 Å². The van der Waals surface area contributed by atoms with Gasteiger partial charge in [0, 0.05) is 29.4 Å². The number of nitrogens with zero attached hydrogens (tertiary/aromatic N) is 2. The highest BCUT2D eigenvalue weighted by molar-refractivity contribution is 7.11. The molecule has 14 heavy (non-hydrogen) atoms. The molecule has 0 spiro atoms. The molecule has 74 valence electrons. The highest BCUT2D eigenvalue weighted by Crippen LogP contribution is 2.17. The largest absolute Gasteiger partial charge is 0.326 e. The summed E-state index contributed by atoms with van der Waals surface area (Å²) in [6.07, 6.45) is 2.67. The van der Waals surface area contributed by atoms with E-state index in [2.05, 4.69) is 15.3 Å². The van der Waals surface area contributed by atoms with Crippen LogP contribution in [-0.2, 0) is 13.0 Å². The predicted molar refractivity (Wildman–Crippen MR) is 59.7 cm³/mol. The van der Waals surface area contributed by atoms with E-state index in [9.17, 15) is 0 Å². The molecule has 0 radical (unpaired) electrons. The molecule has 2 heterocycles. The van der Waals surface area contributed by atoms with Crippen LogP contribution in [0.25, 0.3) is 0 Å². The molecule has 0 aliphatic carbocycles. The lowest BCUT2D eigenvalue weighted by atomic mass is 10.3. The fourth-order valence-electron chi connectivity index (χ4n) is 1.17. The molecular weight excluding hydrogens is 214 g/mol. The van der Waals surface area contributed by atoms with Gasteiger partial charge in [-0.05, 0) is 6.92 Å². The second-order valence-corrected chi connectivity index (χ2v) is 5.22. The summed E-state index contributed by atoms with van der Waals surface area (Å²) in [5.41, 5.74) is 6.62. The number of hydrogen-bond acceptors (Lipinski definition) is 5. The van der Waals surface area contributed by atoms with E-state index in [0.717, 1.165) is 27.0 Å². The van der Waals surface area contributed by atoms with Gasteiger partial charge in [-0.3, -0.25) is 0 Å². The van der Waals surface area contributed by atoms with Crippen molar-refractivity contribution in [1.29, 1.82) is 0 Å². The highest BCUT2D eigenvalue weighted by atomic mass is 32.1. The van der Waals surface area contributed by atoms with E-state index in [1.165, 1.54) is 0 Å². The zero-order chi connectivity index (χ0) is 9.97. The van der Waals surface area contributed by atoms with Crippen molar-refractivity contribution in [2.45, 2.75) is 19.9 Å². The van der Waals surface area contributed by atoms with E-state index in [1.807, 2.05) is 13.1 Å². The molecule has 0 atom stereocenters. The molecule has 0 bridgehead atoms. The van der Waals surface area contributed by atoms with Crippen molar-refractivity contribution in [2.24, 2.45) is 5.73 Å². The molecule has 0 saturated carbocycles. The molecule has 2 aromatic rings. The van der Waals surface area contributed by atoms with Gasteiger partial charge in [0.05, 0.1) is 15.7 Å². The average molecular weight is 225 g/mol. The number of thiazole rings is 2. The lowest BCUT2D eigenvalue weighted by Crippen LogP contribution is -1.91. The monoisotopic (exact) mass is 225 g/mol. The SMILES string of the molecule is Cc1nc(Cc2ncc(CN)s2)cs1. The minimum atomic E-state index is 0.577. The van der Waals surface area contributed by atoms with Crippen LogP contribution in [0.15, 0.2) is 11.6 Å². The van der Waals surface area contributed by atoms with Crippen molar-refractivity contribution in [2.75, 3.05) is 0 Å². The summed E-state index contributed by atoms with van der Waals surface area (Å²) >= 11 is 3.34. The first kappa shape index (κ1) is 9.76. The van der Waals surface area contributed by atoms with E-state index in [0.29, 0.717) is 6.54 Å². The van der Waals surface area contributed by atoms with Gasteiger partial charge in [-0.1, -0.05) is 0 Å². The maximum Gasteiger partial charge on any atom is 0.0988 e. The van der Waals surface area contributed by atoms with E-state index < -0.39 is 0 Å². The summed E-state index contributed by atoms with van der Waals surface area (Å²) in [7, 11) is 0. The van der Waals surface area contributed by atoms with Gasteiger partial charge >= 0.3 is 0 Å². The van der Waals surface area contributed by atoms with Crippen LogP contribution >= 0.6 is 22.7 Å². The fourth-order valence-corrected chi connectivity index (χ4v) is 2.60. The van der Waals surface area contributed by atoms with Crippen molar-refractivity contribution in [3.63, 3.8) is 0 Å². The first-order valence-electron chi connectivity index (χ1n) is 4.32. The number of rotatable bonds is 3. The Labute approximate surface area is 90.6 Å². The van der Waals surface area contributed by atoms with Crippen LogP contribution in [0.1, 0.15) is 20.6 Å². The third-order valence-electron chi connectivity index (χ3n) is 1.80. The third kappa shape index (κ3) is 2.17. The second-order valence-electron chi connectivity index (χ2n) is 2.96. The molecule has 2 aromatic heterocycles. The maximum absolute atomic E-state index is 5.52. The highest BCUT2D eigenvalue weighted by Gasteiger charge is 2.04. The van der Waals surface area contributed by atoms with E-state index in [4.69, 9.17) is 5.73 Å². The van der Waals surface area contributed by atoms with Gasteiger partial charge < -0.3 is 5.73 Å². The number of hydrogen-bond donors (Lipinski definition) is 1. The molecule has 0 saturated heterocycles. The Bertz CT molecular complexity index is 419. The van der Waals surface area contributed by atoms with Crippen LogP contribution < -0.4 is 5.73 Å². The summed E-state index contributed by atoms with van der Waals surface area (Å²) < 4.78 is 0. The van der Waals surface area contributed by atoms with Gasteiger partial charge in [-0.15, -0.1) is 22.7 Å². The average Bonchev–Trinajstić information content (AvgIpc) is 2.76. The second kappa shape index (κ2) is 4.16.